The average molecular weight is 225 g/mol. The Kier molecular flexibility index (Phi) is 3.88. The summed E-state index contributed by atoms with van der Waals surface area (Å²) < 4.78 is 25.9. The summed E-state index contributed by atoms with van der Waals surface area (Å²) >= 11 is 0. The molecule has 1 aliphatic rings. The molecule has 88 valence electrons. The maximum absolute atomic E-state index is 13.3. The molecule has 0 aromatic heterocycles. The van der Waals surface area contributed by atoms with E-state index in [1.54, 1.807) is 0 Å². The van der Waals surface area contributed by atoms with Gasteiger partial charge in [0.25, 0.3) is 0 Å². The van der Waals surface area contributed by atoms with Crippen LogP contribution in [0, 0.1) is 17.6 Å². The fraction of sp³-hybridized carbons (Fsp3) is 0.538. The second-order valence-corrected chi connectivity index (χ2v) is 4.52. The van der Waals surface area contributed by atoms with Gasteiger partial charge in [0.15, 0.2) is 0 Å². The Bertz CT molecular complexity index is 346. The largest absolute Gasteiger partial charge is 0.312 e. The van der Waals surface area contributed by atoms with E-state index in [1.807, 2.05) is 0 Å². The van der Waals surface area contributed by atoms with Gasteiger partial charge in [-0.3, -0.25) is 0 Å². The van der Waals surface area contributed by atoms with E-state index in [0.29, 0.717) is 12.1 Å². The van der Waals surface area contributed by atoms with Crippen molar-refractivity contribution in [2.24, 2.45) is 5.92 Å². The molecule has 1 saturated carbocycles. The molecule has 0 radical (unpaired) electrons. The first kappa shape index (κ1) is 11.5. The predicted molar refractivity (Wildman–Crippen MR) is 60.0 cm³/mol. The highest BCUT2D eigenvalue weighted by atomic mass is 19.1. The van der Waals surface area contributed by atoms with E-state index < -0.39 is 11.6 Å². The van der Waals surface area contributed by atoms with Crippen molar-refractivity contribution in [3.05, 3.63) is 35.4 Å². The minimum absolute atomic E-state index is 0.459. The maximum Gasteiger partial charge on any atom is 0.130 e. The summed E-state index contributed by atoms with van der Waals surface area (Å²) in [5.41, 5.74) is 0.541. The lowest BCUT2D eigenvalue weighted by atomic mass is 10.1. The zero-order valence-corrected chi connectivity index (χ0v) is 9.31. The Morgan fingerprint density at radius 2 is 1.94 bits per heavy atom. The van der Waals surface area contributed by atoms with Gasteiger partial charge in [-0.1, -0.05) is 18.9 Å². The van der Waals surface area contributed by atoms with Gasteiger partial charge in [-0.15, -0.1) is 0 Å². The van der Waals surface area contributed by atoms with Gasteiger partial charge >= 0.3 is 0 Å². The molecule has 1 fully saturated rings. The molecule has 1 aromatic rings. The van der Waals surface area contributed by atoms with Gasteiger partial charge in [0.1, 0.15) is 11.6 Å². The van der Waals surface area contributed by atoms with E-state index in [0.717, 1.165) is 18.5 Å². The van der Waals surface area contributed by atoms with Gasteiger partial charge < -0.3 is 5.32 Å². The Hall–Kier alpha value is -0.960. The van der Waals surface area contributed by atoms with Crippen LogP contribution in [0.1, 0.15) is 31.2 Å². The third kappa shape index (κ3) is 3.01. The van der Waals surface area contributed by atoms with E-state index in [9.17, 15) is 8.78 Å². The Morgan fingerprint density at radius 1 is 1.19 bits per heavy atom. The lowest BCUT2D eigenvalue weighted by Crippen LogP contribution is -2.21. The first-order valence-corrected chi connectivity index (χ1v) is 5.90. The van der Waals surface area contributed by atoms with E-state index >= 15 is 0 Å². The molecule has 0 unspecified atom stereocenters. The Morgan fingerprint density at radius 3 is 2.62 bits per heavy atom. The lowest BCUT2D eigenvalue weighted by Gasteiger charge is -2.10. The summed E-state index contributed by atoms with van der Waals surface area (Å²) in [6.07, 6.45) is 5.19. The highest BCUT2D eigenvalue weighted by molar-refractivity contribution is 5.18. The summed E-state index contributed by atoms with van der Waals surface area (Å²) in [5.74, 6) is -0.237. The van der Waals surface area contributed by atoms with Crippen molar-refractivity contribution in [2.75, 3.05) is 6.54 Å². The van der Waals surface area contributed by atoms with Gasteiger partial charge in [0.2, 0.25) is 0 Å². The molecule has 1 N–H and O–H groups in total. The SMILES string of the molecule is Fc1ccc(CNCC2CCCC2)c(F)c1. The molecule has 1 nitrogen and oxygen atoms in total. The average Bonchev–Trinajstić information content (AvgIpc) is 2.74. The number of halogens is 2. The standard InChI is InChI=1S/C13H17F2N/c14-12-6-5-11(13(15)7-12)9-16-8-10-3-1-2-4-10/h5-7,10,16H,1-4,8-9H2. The van der Waals surface area contributed by atoms with E-state index in [1.165, 1.54) is 37.8 Å². The Labute approximate surface area is 94.9 Å². The van der Waals surface area contributed by atoms with Crippen molar-refractivity contribution in [2.45, 2.75) is 32.2 Å². The smallest absolute Gasteiger partial charge is 0.130 e. The normalized spacial score (nSPS) is 16.9. The van der Waals surface area contributed by atoms with Crippen LogP contribution in [0.25, 0.3) is 0 Å². The number of rotatable bonds is 4. The van der Waals surface area contributed by atoms with Crippen molar-refractivity contribution in [3.63, 3.8) is 0 Å². The molecular formula is C13H17F2N. The molecule has 1 aromatic carbocycles. The highest BCUT2D eigenvalue weighted by Gasteiger charge is 2.14. The second kappa shape index (κ2) is 5.39. The minimum Gasteiger partial charge on any atom is -0.312 e. The van der Waals surface area contributed by atoms with Crippen LogP contribution in [0.5, 0.6) is 0 Å². The Balaban J connectivity index is 1.80. The molecule has 0 spiro atoms. The van der Waals surface area contributed by atoms with Crippen LogP contribution in [0.3, 0.4) is 0 Å². The fourth-order valence-corrected chi connectivity index (χ4v) is 2.29. The summed E-state index contributed by atoms with van der Waals surface area (Å²) in [7, 11) is 0. The van der Waals surface area contributed by atoms with Crippen LogP contribution in [0.15, 0.2) is 18.2 Å². The summed E-state index contributed by atoms with van der Waals surface area (Å²) in [4.78, 5) is 0. The van der Waals surface area contributed by atoms with Crippen LogP contribution < -0.4 is 5.32 Å². The van der Waals surface area contributed by atoms with Crippen molar-refractivity contribution in [1.82, 2.24) is 5.32 Å². The van der Waals surface area contributed by atoms with E-state index in [-0.39, 0.29) is 0 Å². The van der Waals surface area contributed by atoms with Crippen LogP contribution >= 0.6 is 0 Å². The van der Waals surface area contributed by atoms with Crippen LogP contribution in [-0.4, -0.2) is 6.54 Å². The molecule has 3 heteroatoms. The van der Waals surface area contributed by atoms with Gasteiger partial charge in [-0.2, -0.15) is 0 Å². The first-order chi connectivity index (χ1) is 7.75. The molecule has 0 amide bonds. The van der Waals surface area contributed by atoms with Gasteiger partial charge in [0, 0.05) is 18.2 Å². The molecule has 0 atom stereocenters. The van der Waals surface area contributed by atoms with Gasteiger partial charge in [-0.25, -0.2) is 8.78 Å². The molecule has 0 saturated heterocycles. The third-order valence-corrected chi connectivity index (χ3v) is 3.24. The highest BCUT2D eigenvalue weighted by Crippen LogP contribution is 2.23. The van der Waals surface area contributed by atoms with Gasteiger partial charge in [-0.05, 0) is 31.4 Å². The quantitative estimate of drug-likeness (QED) is 0.829. The molecule has 2 rings (SSSR count). The minimum atomic E-state index is -0.517. The zero-order valence-electron chi connectivity index (χ0n) is 9.31. The van der Waals surface area contributed by atoms with Crippen molar-refractivity contribution in [3.8, 4) is 0 Å². The topological polar surface area (TPSA) is 12.0 Å². The molecule has 0 bridgehead atoms. The molecule has 0 aliphatic heterocycles. The summed E-state index contributed by atoms with van der Waals surface area (Å²) in [5, 5.41) is 3.24. The predicted octanol–water partition coefficient (Wildman–Crippen LogP) is 3.24. The lowest BCUT2D eigenvalue weighted by molar-refractivity contribution is 0.481. The molecule has 16 heavy (non-hydrogen) atoms. The van der Waals surface area contributed by atoms with Crippen LogP contribution in [0.2, 0.25) is 0 Å². The maximum atomic E-state index is 13.3. The van der Waals surface area contributed by atoms with E-state index in [2.05, 4.69) is 5.32 Å². The molecule has 1 aliphatic carbocycles. The summed E-state index contributed by atoms with van der Waals surface area (Å²) in [6, 6.07) is 3.74. The number of hydrogen-bond donors (Lipinski definition) is 1. The monoisotopic (exact) mass is 225 g/mol. The van der Waals surface area contributed by atoms with Crippen molar-refractivity contribution < 1.29 is 8.78 Å². The molecular weight excluding hydrogens is 208 g/mol. The van der Waals surface area contributed by atoms with Crippen molar-refractivity contribution >= 4 is 0 Å². The van der Waals surface area contributed by atoms with Gasteiger partial charge in [0.05, 0.1) is 0 Å². The zero-order chi connectivity index (χ0) is 11.4. The van der Waals surface area contributed by atoms with Crippen LogP contribution in [-0.2, 0) is 6.54 Å². The fourth-order valence-electron chi connectivity index (χ4n) is 2.29. The molecule has 0 heterocycles. The summed E-state index contributed by atoms with van der Waals surface area (Å²) in [6.45, 7) is 1.43. The number of benzene rings is 1. The van der Waals surface area contributed by atoms with Crippen molar-refractivity contribution in [1.29, 1.82) is 0 Å². The van der Waals surface area contributed by atoms with E-state index in [4.69, 9.17) is 0 Å². The van der Waals surface area contributed by atoms with Crippen LogP contribution in [0.4, 0.5) is 8.78 Å². The number of hydrogen-bond acceptors (Lipinski definition) is 1. The second-order valence-electron chi connectivity index (χ2n) is 4.52. The third-order valence-electron chi connectivity index (χ3n) is 3.24. The first-order valence-electron chi connectivity index (χ1n) is 5.90. The number of nitrogens with one attached hydrogen (secondary N) is 1.